The Bertz CT molecular complexity index is 643. The lowest BCUT2D eigenvalue weighted by Crippen LogP contribution is -2.44. The molecule has 1 fully saturated rings. The van der Waals surface area contributed by atoms with Crippen LogP contribution in [0.5, 0.6) is 0 Å². The molecule has 2 N–H and O–H groups in total. The Morgan fingerprint density at radius 3 is 2.90 bits per heavy atom. The second kappa shape index (κ2) is 6.13. The van der Waals surface area contributed by atoms with Gasteiger partial charge in [-0.25, -0.2) is 4.98 Å². The summed E-state index contributed by atoms with van der Waals surface area (Å²) in [4.78, 5) is 11.1. The maximum Gasteiger partial charge on any atom is 0.191 e. The van der Waals surface area contributed by atoms with Crippen molar-refractivity contribution >= 4 is 17.0 Å². The molecule has 1 aliphatic heterocycles. The van der Waals surface area contributed by atoms with E-state index < -0.39 is 0 Å². The third-order valence-corrected chi connectivity index (χ3v) is 3.78. The van der Waals surface area contributed by atoms with E-state index in [9.17, 15) is 0 Å². The predicted octanol–water partition coefficient (Wildman–Crippen LogP) is 0.992. The van der Waals surface area contributed by atoms with Crippen LogP contribution in [-0.4, -0.2) is 53.3 Å². The van der Waals surface area contributed by atoms with Gasteiger partial charge in [0.15, 0.2) is 5.96 Å². The number of aromatic nitrogens is 2. The SMILES string of the molecule is Cc1nc2ccccc2n1CCN=C(N)N1CCOCC1. The number of morpholine rings is 1. The van der Waals surface area contributed by atoms with Crippen LogP contribution in [0.2, 0.25) is 0 Å². The zero-order chi connectivity index (χ0) is 14.7. The van der Waals surface area contributed by atoms with Crippen molar-refractivity contribution in [1.29, 1.82) is 0 Å². The van der Waals surface area contributed by atoms with Crippen molar-refractivity contribution in [2.45, 2.75) is 13.5 Å². The molecule has 0 spiro atoms. The fourth-order valence-corrected chi connectivity index (χ4v) is 2.64. The van der Waals surface area contributed by atoms with Gasteiger partial charge in [0.25, 0.3) is 0 Å². The van der Waals surface area contributed by atoms with Crippen LogP contribution in [0.15, 0.2) is 29.3 Å². The van der Waals surface area contributed by atoms with E-state index in [0.717, 1.165) is 49.7 Å². The van der Waals surface area contributed by atoms with E-state index in [0.29, 0.717) is 12.5 Å². The van der Waals surface area contributed by atoms with Gasteiger partial charge in [0.1, 0.15) is 5.82 Å². The molecule has 1 aliphatic rings. The highest BCUT2D eigenvalue weighted by Crippen LogP contribution is 2.15. The second-order valence-corrected chi connectivity index (χ2v) is 5.14. The summed E-state index contributed by atoms with van der Waals surface area (Å²) in [7, 11) is 0. The number of fused-ring (bicyclic) bond motifs is 1. The smallest absolute Gasteiger partial charge is 0.191 e. The summed E-state index contributed by atoms with van der Waals surface area (Å²) in [6, 6.07) is 8.16. The minimum absolute atomic E-state index is 0.611. The minimum Gasteiger partial charge on any atom is -0.378 e. The normalized spacial score (nSPS) is 16.6. The van der Waals surface area contributed by atoms with E-state index in [1.54, 1.807) is 0 Å². The first-order valence-electron chi connectivity index (χ1n) is 7.30. The van der Waals surface area contributed by atoms with Gasteiger partial charge < -0.3 is 19.9 Å². The van der Waals surface area contributed by atoms with Crippen LogP contribution in [-0.2, 0) is 11.3 Å². The van der Waals surface area contributed by atoms with Crippen LogP contribution < -0.4 is 5.73 Å². The molecule has 0 saturated carbocycles. The summed E-state index contributed by atoms with van der Waals surface area (Å²) >= 11 is 0. The lowest BCUT2D eigenvalue weighted by molar-refractivity contribution is 0.0674. The molecular weight excluding hydrogens is 266 g/mol. The average Bonchev–Trinajstić information content (AvgIpc) is 2.84. The number of ether oxygens (including phenoxy) is 1. The fraction of sp³-hybridized carbons (Fsp3) is 0.467. The Kier molecular flexibility index (Phi) is 4.06. The highest BCUT2D eigenvalue weighted by Gasteiger charge is 2.12. The third-order valence-electron chi connectivity index (χ3n) is 3.78. The monoisotopic (exact) mass is 287 g/mol. The molecule has 0 aliphatic carbocycles. The van der Waals surface area contributed by atoms with Gasteiger partial charge >= 0.3 is 0 Å². The first-order chi connectivity index (χ1) is 10.3. The lowest BCUT2D eigenvalue weighted by atomic mass is 10.3. The van der Waals surface area contributed by atoms with E-state index >= 15 is 0 Å². The number of aryl methyl sites for hydroxylation is 1. The van der Waals surface area contributed by atoms with E-state index in [1.165, 1.54) is 0 Å². The molecule has 1 aromatic carbocycles. The number of nitrogens with two attached hydrogens (primary N) is 1. The van der Waals surface area contributed by atoms with Crippen molar-refractivity contribution in [3.05, 3.63) is 30.1 Å². The van der Waals surface area contributed by atoms with E-state index in [2.05, 4.69) is 25.5 Å². The average molecular weight is 287 g/mol. The van der Waals surface area contributed by atoms with Crippen molar-refractivity contribution in [2.24, 2.45) is 10.7 Å². The van der Waals surface area contributed by atoms with Gasteiger partial charge in [-0.15, -0.1) is 0 Å². The molecule has 6 nitrogen and oxygen atoms in total. The van der Waals surface area contributed by atoms with Crippen molar-refractivity contribution < 1.29 is 4.74 Å². The van der Waals surface area contributed by atoms with E-state index in [4.69, 9.17) is 10.5 Å². The predicted molar refractivity (Wildman–Crippen MR) is 83.4 cm³/mol. The number of rotatable bonds is 3. The maximum atomic E-state index is 6.03. The number of nitrogens with zero attached hydrogens (tertiary/aromatic N) is 4. The van der Waals surface area contributed by atoms with Gasteiger partial charge in [0.2, 0.25) is 0 Å². The fourth-order valence-electron chi connectivity index (χ4n) is 2.64. The molecule has 1 saturated heterocycles. The summed E-state index contributed by atoms with van der Waals surface area (Å²) in [6.07, 6.45) is 0. The van der Waals surface area contributed by atoms with E-state index in [1.807, 2.05) is 25.1 Å². The standard InChI is InChI=1S/C15H21N5O/c1-12-18-13-4-2-3-5-14(13)20(12)7-6-17-15(16)19-8-10-21-11-9-19/h2-5H,6-11H2,1H3,(H2,16,17). The number of para-hydroxylation sites is 2. The van der Waals surface area contributed by atoms with Crippen molar-refractivity contribution in [1.82, 2.24) is 14.5 Å². The summed E-state index contributed by atoms with van der Waals surface area (Å²) in [5.41, 5.74) is 8.21. The van der Waals surface area contributed by atoms with Gasteiger partial charge in [-0.2, -0.15) is 0 Å². The number of guanidine groups is 1. The highest BCUT2D eigenvalue weighted by atomic mass is 16.5. The quantitative estimate of drug-likeness (QED) is 0.675. The van der Waals surface area contributed by atoms with Crippen molar-refractivity contribution in [2.75, 3.05) is 32.8 Å². The molecule has 0 unspecified atom stereocenters. The zero-order valence-corrected chi connectivity index (χ0v) is 12.3. The third kappa shape index (κ3) is 3.00. The van der Waals surface area contributed by atoms with Crippen LogP contribution in [0, 0.1) is 6.92 Å². The van der Waals surface area contributed by atoms with Gasteiger partial charge in [-0.3, -0.25) is 4.99 Å². The molecule has 1 aromatic heterocycles. The van der Waals surface area contributed by atoms with Crippen molar-refractivity contribution in [3.8, 4) is 0 Å². The maximum absolute atomic E-state index is 6.03. The number of hydrogen-bond donors (Lipinski definition) is 1. The molecule has 0 atom stereocenters. The minimum atomic E-state index is 0.611. The molecule has 6 heteroatoms. The van der Waals surface area contributed by atoms with Gasteiger partial charge in [0, 0.05) is 19.6 Å². The van der Waals surface area contributed by atoms with Crippen molar-refractivity contribution in [3.63, 3.8) is 0 Å². The zero-order valence-electron chi connectivity index (χ0n) is 12.3. The molecule has 21 heavy (non-hydrogen) atoms. The summed E-state index contributed by atoms with van der Waals surface area (Å²) < 4.78 is 7.50. The number of aliphatic imine (C=N–C) groups is 1. The molecule has 2 aromatic rings. The highest BCUT2D eigenvalue weighted by molar-refractivity contribution is 5.78. The van der Waals surface area contributed by atoms with Crippen LogP contribution in [0.3, 0.4) is 0 Å². The second-order valence-electron chi connectivity index (χ2n) is 5.14. The van der Waals surface area contributed by atoms with E-state index in [-0.39, 0.29) is 0 Å². The van der Waals surface area contributed by atoms with Crippen LogP contribution in [0.25, 0.3) is 11.0 Å². The Hall–Kier alpha value is -2.08. The number of benzene rings is 1. The Balaban J connectivity index is 1.67. The molecule has 0 radical (unpaired) electrons. The van der Waals surface area contributed by atoms with Crippen LogP contribution in [0.1, 0.15) is 5.82 Å². The molecule has 112 valence electrons. The van der Waals surface area contributed by atoms with Crippen LogP contribution in [0.4, 0.5) is 0 Å². The number of hydrogen-bond acceptors (Lipinski definition) is 3. The Labute approximate surface area is 124 Å². The molecular formula is C15H21N5O. The summed E-state index contributed by atoms with van der Waals surface area (Å²) in [6.45, 7) is 6.56. The summed E-state index contributed by atoms with van der Waals surface area (Å²) in [5.74, 6) is 1.62. The van der Waals surface area contributed by atoms with Gasteiger partial charge in [0.05, 0.1) is 30.8 Å². The Morgan fingerprint density at radius 2 is 2.10 bits per heavy atom. The molecule has 2 heterocycles. The topological polar surface area (TPSA) is 68.7 Å². The van der Waals surface area contributed by atoms with Crippen LogP contribution >= 0.6 is 0 Å². The largest absolute Gasteiger partial charge is 0.378 e. The first-order valence-corrected chi connectivity index (χ1v) is 7.30. The van der Waals surface area contributed by atoms with Gasteiger partial charge in [-0.1, -0.05) is 12.1 Å². The molecule has 0 bridgehead atoms. The molecule has 3 rings (SSSR count). The lowest BCUT2D eigenvalue weighted by Gasteiger charge is -2.27. The summed E-state index contributed by atoms with van der Waals surface area (Å²) in [5, 5.41) is 0. The Morgan fingerprint density at radius 1 is 1.33 bits per heavy atom. The molecule has 0 amide bonds. The number of imidazole rings is 1. The van der Waals surface area contributed by atoms with Gasteiger partial charge in [-0.05, 0) is 19.1 Å². The first kappa shape index (κ1) is 13.9.